The van der Waals surface area contributed by atoms with Gasteiger partial charge in [-0.05, 0) is 11.6 Å². The van der Waals surface area contributed by atoms with Crippen LogP contribution in [0.3, 0.4) is 0 Å². The van der Waals surface area contributed by atoms with Gasteiger partial charge in [0.2, 0.25) is 0 Å². The van der Waals surface area contributed by atoms with Gasteiger partial charge in [0.15, 0.2) is 0 Å². The van der Waals surface area contributed by atoms with Gasteiger partial charge >= 0.3 is 6.18 Å². The van der Waals surface area contributed by atoms with E-state index in [4.69, 9.17) is 5.73 Å². The first-order chi connectivity index (χ1) is 7.36. The molecule has 2 nitrogen and oxygen atoms in total. The molecule has 1 rings (SSSR count). The largest absolute Gasteiger partial charge is 0.454 e. The van der Waals surface area contributed by atoms with Gasteiger partial charge in [-0.3, -0.25) is 4.79 Å². The molecule has 0 bridgehead atoms. The molecule has 1 unspecified atom stereocenters. The zero-order chi connectivity index (χ0) is 12.3. The molecule has 5 heteroatoms. The quantitative estimate of drug-likeness (QED) is 0.639. The summed E-state index contributed by atoms with van der Waals surface area (Å²) in [7, 11) is 0. The van der Waals surface area contributed by atoms with Gasteiger partial charge in [-0.1, -0.05) is 24.3 Å². The van der Waals surface area contributed by atoms with E-state index in [9.17, 15) is 18.0 Å². The van der Waals surface area contributed by atoms with Crippen molar-refractivity contribution in [1.29, 1.82) is 0 Å². The molecule has 0 aliphatic heterocycles. The lowest BCUT2D eigenvalue weighted by Gasteiger charge is -2.09. The predicted molar refractivity (Wildman–Crippen MR) is 54.0 cm³/mol. The maximum atomic E-state index is 12.1. The predicted octanol–water partition coefficient (Wildman–Crippen LogP) is 2.62. The highest BCUT2D eigenvalue weighted by Crippen LogP contribution is 2.23. The van der Waals surface area contributed by atoms with Crippen LogP contribution in [-0.4, -0.2) is 12.0 Å². The van der Waals surface area contributed by atoms with E-state index in [1.54, 1.807) is 6.07 Å². The minimum absolute atomic E-state index is 0.415. The first-order valence-electron chi connectivity index (χ1n) is 4.46. The average Bonchev–Trinajstić information content (AvgIpc) is 2.26. The van der Waals surface area contributed by atoms with Crippen LogP contribution in [0.1, 0.15) is 22.0 Å². The van der Waals surface area contributed by atoms with Crippen molar-refractivity contribution in [3.05, 3.63) is 48.0 Å². The molecule has 86 valence electrons. The highest BCUT2D eigenvalue weighted by molar-refractivity contribution is 6.00. The number of halogens is 3. The molecule has 0 aliphatic carbocycles. The standard InChI is InChI=1S/C11H10F3NO/c1-2-9(15)7-4-3-5-8(6-7)10(16)11(12,13)14/h2-6,9H,1,15H2. The number of ketones is 1. The fourth-order valence-electron chi connectivity index (χ4n) is 1.19. The van der Waals surface area contributed by atoms with Crippen LogP contribution in [0, 0.1) is 0 Å². The second-order valence-electron chi connectivity index (χ2n) is 3.21. The number of hydrogen-bond donors (Lipinski definition) is 1. The molecule has 1 aromatic rings. The summed E-state index contributed by atoms with van der Waals surface area (Å²) in [5, 5.41) is 0. The highest BCUT2D eigenvalue weighted by atomic mass is 19.4. The number of carbonyl (C=O) groups excluding carboxylic acids is 1. The Hall–Kier alpha value is -1.62. The van der Waals surface area contributed by atoms with Crippen molar-refractivity contribution >= 4 is 5.78 Å². The van der Waals surface area contributed by atoms with Crippen molar-refractivity contribution in [2.45, 2.75) is 12.2 Å². The van der Waals surface area contributed by atoms with Gasteiger partial charge in [-0.25, -0.2) is 0 Å². The molecule has 0 radical (unpaired) electrons. The highest BCUT2D eigenvalue weighted by Gasteiger charge is 2.39. The number of benzene rings is 1. The fraction of sp³-hybridized carbons (Fsp3) is 0.182. The summed E-state index contributed by atoms with van der Waals surface area (Å²) in [5.74, 6) is -1.87. The average molecular weight is 229 g/mol. The van der Waals surface area contributed by atoms with Crippen molar-refractivity contribution in [2.75, 3.05) is 0 Å². The van der Waals surface area contributed by atoms with Crippen molar-refractivity contribution in [3.8, 4) is 0 Å². The summed E-state index contributed by atoms with van der Waals surface area (Å²) in [6.07, 6.45) is -3.48. The Morgan fingerprint density at radius 2 is 2.06 bits per heavy atom. The maximum Gasteiger partial charge on any atom is 0.454 e. The Labute approximate surface area is 90.6 Å². The van der Waals surface area contributed by atoms with E-state index in [0.29, 0.717) is 5.56 Å². The van der Waals surface area contributed by atoms with Gasteiger partial charge in [-0.15, -0.1) is 6.58 Å². The van der Waals surface area contributed by atoms with Crippen LogP contribution < -0.4 is 5.73 Å². The topological polar surface area (TPSA) is 43.1 Å². The number of nitrogens with two attached hydrogens (primary N) is 1. The molecular formula is C11H10F3NO. The summed E-state index contributed by atoms with van der Waals surface area (Å²) in [4.78, 5) is 10.9. The molecule has 0 heterocycles. The van der Waals surface area contributed by atoms with Gasteiger partial charge < -0.3 is 5.73 Å². The molecule has 0 amide bonds. The van der Waals surface area contributed by atoms with Crippen LogP contribution in [0.2, 0.25) is 0 Å². The van der Waals surface area contributed by atoms with E-state index in [0.717, 1.165) is 12.1 Å². The zero-order valence-corrected chi connectivity index (χ0v) is 8.29. The molecule has 0 aromatic heterocycles. The Kier molecular flexibility index (Phi) is 3.49. The summed E-state index contributed by atoms with van der Waals surface area (Å²) in [5.41, 5.74) is 5.57. The lowest BCUT2D eigenvalue weighted by molar-refractivity contribution is -0.0885. The minimum Gasteiger partial charge on any atom is -0.321 e. The van der Waals surface area contributed by atoms with Crippen LogP contribution in [0.15, 0.2) is 36.9 Å². The van der Waals surface area contributed by atoms with Crippen molar-refractivity contribution in [1.82, 2.24) is 0 Å². The summed E-state index contributed by atoms with van der Waals surface area (Å²) >= 11 is 0. The lowest BCUT2D eigenvalue weighted by atomic mass is 10.0. The molecule has 0 saturated carbocycles. The smallest absolute Gasteiger partial charge is 0.321 e. The molecule has 0 fully saturated rings. The van der Waals surface area contributed by atoms with Gasteiger partial charge in [0.1, 0.15) is 0 Å². The first kappa shape index (κ1) is 12.4. The lowest BCUT2D eigenvalue weighted by Crippen LogP contribution is -2.23. The van der Waals surface area contributed by atoms with Crippen LogP contribution in [-0.2, 0) is 0 Å². The minimum atomic E-state index is -4.86. The Morgan fingerprint density at radius 1 is 1.44 bits per heavy atom. The summed E-state index contributed by atoms with van der Waals surface area (Å²) in [6.45, 7) is 3.43. The van der Waals surface area contributed by atoms with E-state index < -0.39 is 23.6 Å². The Morgan fingerprint density at radius 3 is 2.56 bits per heavy atom. The Bertz CT molecular complexity index is 412. The molecule has 0 spiro atoms. The van der Waals surface area contributed by atoms with E-state index in [1.165, 1.54) is 12.1 Å². The number of Topliss-reactive ketones (excluding diaryl/α,β-unsaturated/α-hetero) is 1. The van der Waals surface area contributed by atoms with E-state index >= 15 is 0 Å². The van der Waals surface area contributed by atoms with Crippen LogP contribution >= 0.6 is 0 Å². The number of rotatable bonds is 3. The van der Waals surface area contributed by atoms with Crippen molar-refractivity contribution in [3.63, 3.8) is 0 Å². The molecule has 1 atom stereocenters. The van der Waals surface area contributed by atoms with Gasteiger partial charge in [0.25, 0.3) is 5.78 Å². The second-order valence-corrected chi connectivity index (χ2v) is 3.21. The summed E-state index contributed by atoms with van der Waals surface area (Å²) < 4.78 is 36.4. The molecule has 0 aliphatic rings. The van der Waals surface area contributed by atoms with Crippen molar-refractivity contribution < 1.29 is 18.0 Å². The molecule has 1 aromatic carbocycles. The second kappa shape index (κ2) is 4.49. The Balaban J connectivity index is 3.08. The normalized spacial score (nSPS) is 13.2. The third kappa shape index (κ3) is 2.70. The van der Waals surface area contributed by atoms with Gasteiger partial charge in [-0.2, -0.15) is 13.2 Å². The van der Waals surface area contributed by atoms with Gasteiger partial charge in [0.05, 0.1) is 0 Å². The van der Waals surface area contributed by atoms with Gasteiger partial charge in [0, 0.05) is 11.6 Å². The monoisotopic (exact) mass is 229 g/mol. The molecular weight excluding hydrogens is 219 g/mol. The number of carbonyl (C=O) groups is 1. The zero-order valence-electron chi connectivity index (χ0n) is 8.29. The molecule has 16 heavy (non-hydrogen) atoms. The van der Waals surface area contributed by atoms with Crippen LogP contribution in [0.25, 0.3) is 0 Å². The first-order valence-corrected chi connectivity index (χ1v) is 4.46. The third-order valence-corrected chi connectivity index (χ3v) is 2.05. The molecule has 0 saturated heterocycles. The third-order valence-electron chi connectivity index (χ3n) is 2.05. The molecule has 2 N–H and O–H groups in total. The number of alkyl halides is 3. The van der Waals surface area contributed by atoms with E-state index in [-0.39, 0.29) is 0 Å². The number of hydrogen-bond acceptors (Lipinski definition) is 2. The SMILES string of the molecule is C=CC(N)c1cccc(C(=O)C(F)(F)F)c1. The van der Waals surface area contributed by atoms with E-state index in [2.05, 4.69) is 6.58 Å². The van der Waals surface area contributed by atoms with E-state index in [1.807, 2.05) is 0 Å². The maximum absolute atomic E-state index is 12.1. The van der Waals surface area contributed by atoms with Crippen molar-refractivity contribution in [2.24, 2.45) is 5.73 Å². The summed E-state index contributed by atoms with van der Waals surface area (Å²) in [6, 6.07) is 4.55. The van der Waals surface area contributed by atoms with Crippen LogP contribution in [0.4, 0.5) is 13.2 Å². The van der Waals surface area contributed by atoms with Crippen LogP contribution in [0.5, 0.6) is 0 Å². The fourth-order valence-corrected chi connectivity index (χ4v) is 1.19.